The predicted molar refractivity (Wildman–Crippen MR) is 46.6 cm³/mol. The van der Waals surface area contributed by atoms with Crippen LogP contribution in [-0.4, -0.2) is 5.71 Å². The molecule has 0 saturated heterocycles. The van der Waals surface area contributed by atoms with Gasteiger partial charge in [-0.3, -0.25) is 0 Å². The van der Waals surface area contributed by atoms with Gasteiger partial charge in [-0.1, -0.05) is 33.6 Å². The van der Waals surface area contributed by atoms with Crippen molar-refractivity contribution in [3.8, 4) is 0 Å². The van der Waals surface area contributed by atoms with E-state index in [0.717, 1.165) is 5.71 Å². The second-order valence-corrected chi connectivity index (χ2v) is 3.24. The van der Waals surface area contributed by atoms with Crippen LogP contribution in [0.4, 0.5) is 0 Å². The topological polar surface area (TPSA) is 23.9 Å². The van der Waals surface area contributed by atoms with Crippen molar-refractivity contribution in [2.24, 2.45) is 11.8 Å². The molecule has 0 bridgehead atoms. The van der Waals surface area contributed by atoms with Crippen LogP contribution in [0.25, 0.3) is 0 Å². The van der Waals surface area contributed by atoms with Crippen LogP contribution in [0.15, 0.2) is 0 Å². The van der Waals surface area contributed by atoms with E-state index in [1.165, 1.54) is 12.8 Å². The summed E-state index contributed by atoms with van der Waals surface area (Å²) in [6.07, 6.45) is 2.48. The quantitative estimate of drug-likeness (QED) is 0.582. The minimum Gasteiger partial charge on any atom is -0.310 e. The molecular weight excluding hydrogens is 122 g/mol. The summed E-state index contributed by atoms with van der Waals surface area (Å²) >= 11 is 0. The highest BCUT2D eigenvalue weighted by Gasteiger charge is 2.11. The maximum atomic E-state index is 7.41. The highest BCUT2D eigenvalue weighted by molar-refractivity contribution is 5.80. The van der Waals surface area contributed by atoms with E-state index in [2.05, 4.69) is 20.8 Å². The van der Waals surface area contributed by atoms with Crippen molar-refractivity contribution in [1.29, 1.82) is 5.41 Å². The standard InChI is InChI=1S/C9H19N/c1-5-6-7(2)8(3)9(4)10/h7-8,10H,5-6H2,1-4H3/t7-,8?/m1/s1. The molecule has 0 radical (unpaired) electrons. The summed E-state index contributed by atoms with van der Waals surface area (Å²) in [5.74, 6) is 1.16. The molecule has 1 heteroatoms. The van der Waals surface area contributed by atoms with Crippen molar-refractivity contribution in [3.05, 3.63) is 0 Å². The second kappa shape index (κ2) is 4.48. The largest absolute Gasteiger partial charge is 0.310 e. The van der Waals surface area contributed by atoms with Crippen LogP contribution in [0.5, 0.6) is 0 Å². The second-order valence-electron chi connectivity index (χ2n) is 3.24. The molecule has 2 atom stereocenters. The maximum absolute atomic E-state index is 7.41. The fraction of sp³-hybridized carbons (Fsp3) is 0.889. The third-order valence-corrected chi connectivity index (χ3v) is 2.28. The smallest absolute Gasteiger partial charge is 0.00890 e. The Morgan fingerprint density at radius 3 is 2.20 bits per heavy atom. The Morgan fingerprint density at radius 1 is 1.40 bits per heavy atom. The van der Waals surface area contributed by atoms with Gasteiger partial charge in [-0.2, -0.15) is 0 Å². The molecule has 0 fully saturated rings. The average Bonchev–Trinajstić information content (AvgIpc) is 1.87. The normalized spacial score (nSPS) is 16.4. The summed E-state index contributed by atoms with van der Waals surface area (Å²) in [4.78, 5) is 0. The first-order chi connectivity index (χ1) is 4.59. The monoisotopic (exact) mass is 141 g/mol. The van der Waals surface area contributed by atoms with E-state index in [0.29, 0.717) is 11.8 Å². The lowest BCUT2D eigenvalue weighted by atomic mass is 9.89. The third-order valence-electron chi connectivity index (χ3n) is 2.28. The van der Waals surface area contributed by atoms with Gasteiger partial charge >= 0.3 is 0 Å². The summed E-state index contributed by atoms with van der Waals surface area (Å²) < 4.78 is 0. The van der Waals surface area contributed by atoms with E-state index in [1.807, 2.05) is 6.92 Å². The molecule has 0 aromatic rings. The molecular formula is C9H19N. The molecule has 60 valence electrons. The van der Waals surface area contributed by atoms with Crippen LogP contribution < -0.4 is 0 Å². The lowest BCUT2D eigenvalue weighted by Gasteiger charge is -2.17. The van der Waals surface area contributed by atoms with Gasteiger partial charge in [0, 0.05) is 5.71 Å². The zero-order valence-electron chi connectivity index (χ0n) is 7.57. The first-order valence-corrected chi connectivity index (χ1v) is 4.14. The molecule has 1 nitrogen and oxygen atoms in total. The van der Waals surface area contributed by atoms with Crippen LogP contribution in [0.3, 0.4) is 0 Å². The van der Waals surface area contributed by atoms with Gasteiger partial charge in [0.2, 0.25) is 0 Å². The van der Waals surface area contributed by atoms with E-state index in [-0.39, 0.29) is 0 Å². The number of hydrogen-bond donors (Lipinski definition) is 1. The minimum atomic E-state index is 0.472. The van der Waals surface area contributed by atoms with Gasteiger partial charge in [-0.15, -0.1) is 0 Å². The highest BCUT2D eigenvalue weighted by atomic mass is 14.4. The molecule has 0 aliphatic heterocycles. The molecule has 1 N–H and O–H groups in total. The van der Waals surface area contributed by atoms with Crippen LogP contribution in [0.1, 0.15) is 40.5 Å². The van der Waals surface area contributed by atoms with E-state index in [1.54, 1.807) is 0 Å². The summed E-state index contributed by atoms with van der Waals surface area (Å²) in [7, 11) is 0. The summed E-state index contributed by atoms with van der Waals surface area (Å²) in [6.45, 7) is 8.47. The first-order valence-electron chi connectivity index (χ1n) is 4.14. The Bertz CT molecular complexity index is 107. The molecule has 10 heavy (non-hydrogen) atoms. The molecule has 0 aliphatic carbocycles. The molecule has 0 heterocycles. The van der Waals surface area contributed by atoms with Gasteiger partial charge in [0.25, 0.3) is 0 Å². The Morgan fingerprint density at radius 2 is 1.90 bits per heavy atom. The van der Waals surface area contributed by atoms with Crippen molar-refractivity contribution in [2.75, 3.05) is 0 Å². The molecule has 0 aromatic carbocycles. The van der Waals surface area contributed by atoms with Gasteiger partial charge in [0.05, 0.1) is 0 Å². The van der Waals surface area contributed by atoms with Crippen LogP contribution in [0.2, 0.25) is 0 Å². The SMILES string of the molecule is CCC[C@@H](C)C(C)C(C)=N. The molecule has 0 amide bonds. The summed E-state index contributed by atoms with van der Waals surface area (Å²) in [5, 5.41) is 7.41. The molecule has 0 aliphatic rings. The highest BCUT2D eigenvalue weighted by Crippen LogP contribution is 2.17. The fourth-order valence-electron chi connectivity index (χ4n) is 1.13. The van der Waals surface area contributed by atoms with E-state index in [4.69, 9.17) is 5.41 Å². The molecule has 0 rings (SSSR count). The lowest BCUT2D eigenvalue weighted by molar-refractivity contribution is 0.441. The Balaban J connectivity index is 3.69. The molecule has 0 aromatic heterocycles. The van der Waals surface area contributed by atoms with Gasteiger partial charge in [0.15, 0.2) is 0 Å². The van der Waals surface area contributed by atoms with E-state index >= 15 is 0 Å². The van der Waals surface area contributed by atoms with Gasteiger partial charge in [-0.25, -0.2) is 0 Å². The van der Waals surface area contributed by atoms with Crippen molar-refractivity contribution in [2.45, 2.75) is 40.5 Å². The number of hydrogen-bond acceptors (Lipinski definition) is 1. The average molecular weight is 141 g/mol. The minimum absolute atomic E-state index is 0.472. The Labute approximate surface area is 64.3 Å². The maximum Gasteiger partial charge on any atom is 0.00890 e. The molecule has 0 spiro atoms. The third kappa shape index (κ3) is 3.00. The number of nitrogens with one attached hydrogen (secondary N) is 1. The summed E-state index contributed by atoms with van der Waals surface area (Å²) in [5.41, 5.74) is 0.820. The van der Waals surface area contributed by atoms with Crippen LogP contribution in [0, 0.1) is 17.2 Å². The molecule has 1 unspecified atom stereocenters. The first kappa shape index (κ1) is 9.67. The Kier molecular flexibility index (Phi) is 4.33. The van der Waals surface area contributed by atoms with Gasteiger partial charge in [-0.05, 0) is 18.8 Å². The van der Waals surface area contributed by atoms with Crippen molar-refractivity contribution in [3.63, 3.8) is 0 Å². The fourth-order valence-corrected chi connectivity index (χ4v) is 1.13. The van der Waals surface area contributed by atoms with Gasteiger partial charge in [0.1, 0.15) is 0 Å². The zero-order chi connectivity index (χ0) is 8.15. The van der Waals surface area contributed by atoms with E-state index in [9.17, 15) is 0 Å². The lowest BCUT2D eigenvalue weighted by Crippen LogP contribution is -2.14. The van der Waals surface area contributed by atoms with Crippen molar-refractivity contribution in [1.82, 2.24) is 0 Å². The summed E-state index contributed by atoms with van der Waals surface area (Å²) in [6, 6.07) is 0. The van der Waals surface area contributed by atoms with Gasteiger partial charge < -0.3 is 5.41 Å². The van der Waals surface area contributed by atoms with Crippen molar-refractivity contribution < 1.29 is 0 Å². The van der Waals surface area contributed by atoms with E-state index < -0.39 is 0 Å². The van der Waals surface area contributed by atoms with Crippen LogP contribution in [-0.2, 0) is 0 Å². The zero-order valence-corrected chi connectivity index (χ0v) is 7.57. The van der Waals surface area contributed by atoms with Crippen molar-refractivity contribution >= 4 is 5.71 Å². The van der Waals surface area contributed by atoms with Crippen LogP contribution >= 0.6 is 0 Å². The molecule has 0 saturated carbocycles. The Hall–Kier alpha value is -0.330. The number of rotatable bonds is 4. The predicted octanol–water partition coefficient (Wildman–Crippen LogP) is 3.10.